The van der Waals surface area contributed by atoms with Crippen molar-refractivity contribution < 1.29 is 18.4 Å². The van der Waals surface area contributed by atoms with Crippen LogP contribution in [0.25, 0.3) is 0 Å². The summed E-state index contributed by atoms with van der Waals surface area (Å²) >= 11 is 0. The number of aromatic nitrogens is 2. The molecule has 1 aliphatic rings. The number of hydrogen-bond donors (Lipinski definition) is 2. The van der Waals surface area contributed by atoms with Crippen molar-refractivity contribution in [2.24, 2.45) is 11.1 Å². The quantitative estimate of drug-likeness (QED) is 0.547. The third-order valence-electron chi connectivity index (χ3n) is 5.50. The predicted molar refractivity (Wildman–Crippen MR) is 115 cm³/mol. The second-order valence-corrected chi connectivity index (χ2v) is 7.72. The standard InChI is InChI=1S/C23H21F2N5O2/c1-14(15-2-4-16(24)5-3-15)28-22-27-13-10-19(29-22)30(18-8-6-17(25)7-9-18)21(32)23(11-12-23)20(26)31/h2-10,13-14H,11-12H2,1H3,(H2,26,31)(H,27,28,29). The van der Waals surface area contributed by atoms with Crippen LogP contribution in [0.1, 0.15) is 31.4 Å². The van der Waals surface area contributed by atoms with Crippen LogP contribution in [0.15, 0.2) is 60.8 Å². The van der Waals surface area contributed by atoms with Crippen LogP contribution < -0.4 is 16.0 Å². The topological polar surface area (TPSA) is 101 Å². The number of hydrogen-bond acceptors (Lipinski definition) is 5. The van der Waals surface area contributed by atoms with E-state index in [-0.39, 0.29) is 23.6 Å². The lowest BCUT2D eigenvalue weighted by Gasteiger charge is -2.26. The van der Waals surface area contributed by atoms with Gasteiger partial charge in [-0.1, -0.05) is 12.1 Å². The molecule has 0 saturated heterocycles. The zero-order chi connectivity index (χ0) is 22.9. The third kappa shape index (κ3) is 4.14. The molecule has 3 N–H and O–H groups in total. The Morgan fingerprint density at radius 3 is 2.19 bits per heavy atom. The molecule has 32 heavy (non-hydrogen) atoms. The fraction of sp³-hybridized carbons (Fsp3) is 0.217. The molecule has 2 aromatic carbocycles. The Labute approximate surface area is 183 Å². The summed E-state index contributed by atoms with van der Waals surface area (Å²) in [4.78, 5) is 35.2. The Balaban J connectivity index is 1.67. The summed E-state index contributed by atoms with van der Waals surface area (Å²) < 4.78 is 26.7. The molecule has 2 amide bonds. The van der Waals surface area contributed by atoms with Crippen molar-refractivity contribution >= 4 is 29.3 Å². The van der Waals surface area contributed by atoms with Crippen molar-refractivity contribution in [1.29, 1.82) is 0 Å². The summed E-state index contributed by atoms with van der Waals surface area (Å²) in [5.41, 5.74) is 5.37. The monoisotopic (exact) mass is 437 g/mol. The Hall–Kier alpha value is -3.88. The van der Waals surface area contributed by atoms with Crippen molar-refractivity contribution in [1.82, 2.24) is 9.97 Å². The lowest BCUT2D eigenvalue weighted by atomic mass is 10.0. The summed E-state index contributed by atoms with van der Waals surface area (Å²) in [6.45, 7) is 1.86. The fourth-order valence-corrected chi connectivity index (χ4v) is 3.42. The number of nitrogens with two attached hydrogens (primary N) is 1. The highest BCUT2D eigenvalue weighted by molar-refractivity contribution is 6.16. The van der Waals surface area contributed by atoms with Gasteiger partial charge in [-0.05, 0) is 61.7 Å². The van der Waals surface area contributed by atoms with Gasteiger partial charge in [-0.2, -0.15) is 4.98 Å². The normalized spacial score (nSPS) is 15.0. The molecule has 164 valence electrons. The van der Waals surface area contributed by atoms with E-state index in [4.69, 9.17) is 5.73 Å². The van der Waals surface area contributed by atoms with Gasteiger partial charge < -0.3 is 11.1 Å². The Morgan fingerprint density at radius 2 is 1.62 bits per heavy atom. The minimum atomic E-state index is -1.30. The molecule has 4 rings (SSSR count). The number of benzene rings is 2. The Morgan fingerprint density at radius 1 is 1.03 bits per heavy atom. The maximum Gasteiger partial charge on any atom is 0.248 e. The number of anilines is 3. The third-order valence-corrected chi connectivity index (χ3v) is 5.50. The highest BCUT2D eigenvalue weighted by atomic mass is 19.1. The van der Waals surface area contributed by atoms with Gasteiger partial charge in [-0.15, -0.1) is 0 Å². The average molecular weight is 437 g/mol. The molecule has 1 heterocycles. The zero-order valence-corrected chi connectivity index (χ0v) is 17.3. The molecule has 1 aliphatic carbocycles. The van der Waals surface area contributed by atoms with E-state index in [0.717, 1.165) is 5.56 Å². The molecule has 0 spiro atoms. The maximum atomic E-state index is 13.5. The summed E-state index contributed by atoms with van der Waals surface area (Å²) in [7, 11) is 0. The van der Waals surface area contributed by atoms with Gasteiger partial charge in [-0.25, -0.2) is 13.8 Å². The molecule has 0 radical (unpaired) electrons. The first-order valence-corrected chi connectivity index (χ1v) is 10.1. The van der Waals surface area contributed by atoms with E-state index in [0.29, 0.717) is 18.5 Å². The first-order chi connectivity index (χ1) is 15.3. The van der Waals surface area contributed by atoms with Gasteiger partial charge in [0.2, 0.25) is 17.8 Å². The summed E-state index contributed by atoms with van der Waals surface area (Å²) in [6, 6.07) is 12.6. The van der Waals surface area contributed by atoms with Crippen molar-refractivity contribution in [2.45, 2.75) is 25.8 Å². The van der Waals surface area contributed by atoms with Gasteiger partial charge >= 0.3 is 0 Å². The van der Waals surface area contributed by atoms with Crippen molar-refractivity contribution in [2.75, 3.05) is 10.2 Å². The second kappa shape index (κ2) is 8.33. The highest BCUT2D eigenvalue weighted by Gasteiger charge is 2.57. The van der Waals surface area contributed by atoms with Crippen LogP contribution >= 0.6 is 0 Å². The van der Waals surface area contributed by atoms with Gasteiger partial charge in [-0.3, -0.25) is 14.5 Å². The molecule has 1 unspecified atom stereocenters. The van der Waals surface area contributed by atoms with Gasteiger partial charge in [0.25, 0.3) is 0 Å². The number of rotatable bonds is 7. The number of carbonyl (C=O) groups is 2. The van der Waals surface area contributed by atoms with Crippen LogP contribution in [0, 0.1) is 17.0 Å². The number of nitrogens with zero attached hydrogens (tertiary/aromatic N) is 3. The minimum absolute atomic E-state index is 0.206. The Bertz CT molecular complexity index is 1150. The maximum absolute atomic E-state index is 13.5. The number of primary amides is 1. The Kier molecular flexibility index (Phi) is 5.56. The summed E-state index contributed by atoms with van der Waals surface area (Å²) in [6.07, 6.45) is 2.16. The van der Waals surface area contributed by atoms with Crippen molar-refractivity contribution in [3.05, 3.63) is 78.0 Å². The van der Waals surface area contributed by atoms with E-state index in [2.05, 4.69) is 15.3 Å². The number of nitrogens with one attached hydrogen (secondary N) is 1. The van der Waals surface area contributed by atoms with Crippen LogP contribution in [-0.2, 0) is 9.59 Å². The molecule has 0 bridgehead atoms. The molecule has 1 atom stereocenters. The number of halogens is 2. The zero-order valence-electron chi connectivity index (χ0n) is 17.3. The van der Waals surface area contributed by atoms with E-state index < -0.39 is 23.0 Å². The SMILES string of the molecule is CC(Nc1nccc(N(C(=O)C2(C(N)=O)CC2)c2ccc(F)cc2)n1)c1ccc(F)cc1. The minimum Gasteiger partial charge on any atom is -0.369 e. The molecule has 7 nitrogen and oxygen atoms in total. The molecule has 1 fully saturated rings. The molecule has 3 aromatic rings. The van der Waals surface area contributed by atoms with Crippen LogP contribution in [-0.4, -0.2) is 21.8 Å². The van der Waals surface area contributed by atoms with Crippen LogP contribution in [0.2, 0.25) is 0 Å². The highest BCUT2D eigenvalue weighted by Crippen LogP contribution is 2.48. The number of carbonyl (C=O) groups excluding carboxylic acids is 2. The van der Waals surface area contributed by atoms with Crippen LogP contribution in [0.4, 0.5) is 26.2 Å². The van der Waals surface area contributed by atoms with E-state index in [1.165, 1.54) is 53.6 Å². The fourth-order valence-electron chi connectivity index (χ4n) is 3.42. The smallest absolute Gasteiger partial charge is 0.248 e. The average Bonchev–Trinajstić information content (AvgIpc) is 3.58. The second-order valence-electron chi connectivity index (χ2n) is 7.72. The largest absolute Gasteiger partial charge is 0.369 e. The predicted octanol–water partition coefficient (Wildman–Crippen LogP) is 3.86. The molecule has 1 saturated carbocycles. The molecule has 9 heteroatoms. The van der Waals surface area contributed by atoms with Crippen molar-refractivity contribution in [3.63, 3.8) is 0 Å². The molecule has 0 aliphatic heterocycles. The van der Waals surface area contributed by atoms with E-state index >= 15 is 0 Å². The van der Waals surface area contributed by atoms with Crippen LogP contribution in [0.3, 0.4) is 0 Å². The molecule has 1 aromatic heterocycles. The van der Waals surface area contributed by atoms with E-state index in [1.54, 1.807) is 12.1 Å². The number of amides is 2. The first-order valence-electron chi connectivity index (χ1n) is 10.1. The van der Waals surface area contributed by atoms with E-state index in [1.807, 2.05) is 6.92 Å². The van der Waals surface area contributed by atoms with Crippen LogP contribution in [0.5, 0.6) is 0 Å². The van der Waals surface area contributed by atoms with E-state index in [9.17, 15) is 18.4 Å². The lowest BCUT2D eigenvalue weighted by Crippen LogP contribution is -2.41. The summed E-state index contributed by atoms with van der Waals surface area (Å²) in [5.74, 6) is -1.59. The van der Waals surface area contributed by atoms with Gasteiger partial charge in [0.15, 0.2) is 0 Å². The van der Waals surface area contributed by atoms with Gasteiger partial charge in [0, 0.05) is 12.3 Å². The first kappa shape index (κ1) is 21.4. The molecular weight excluding hydrogens is 416 g/mol. The molecular formula is C23H21F2N5O2. The lowest BCUT2D eigenvalue weighted by molar-refractivity contribution is -0.133. The summed E-state index contributed by atoms with van der Waals surface area (Å²) in [5, 5.41) is 3.12. The van der Waals surface area contributed by atoms with Crippen molar-refractivity contribution in [3.8, 4) is 0 Å². The van der Waals surface area contributed by atoms with Gasteiger partial charge in [0.05, 0.1) is 11.7 Å². The van der Waals surface area contributed by atoms with Gasteiger partial charge in [0.1, 0.15) is 22.9 Å².